The molecule has 1 aromatic rings. The zero-order valence-electron chi connectivity index (χ0n) is 12.6. The van der Waals surface area contributed by atoms with E-state index in [2.05, 4.69) is 9.59 Å². The predicted molar refractivity (Wildman–Crippen MR) is 79.5 cm³/mol. The molecule has 0 saturated carbocycles. The quantitative estimate of drug-likeness (QED) is 0.925. The van der Waals surface area contributed by atoms with Gasteiger partial charge in [0.15, 0.2) is 0 Å². The maximum atomic E-state index is 12.7. The minimum absolute atomic E-state index is 0.0409. The fourth-order valence-electron chi connectivity index (χ4n) is 2.63. The van der Waals surface area contributed by atoms with Crippen molar-refractivity contribution in [2.24, 2.45) is 5.92 Å². The van der Waals surface area contributed by atoms with Crippen LogP contribution in [0.5, 0.6) is 0 Å². The second kappa shape index (κ2) is 6.09. The first kappa shape index (κ1) is 15.9. The standard InChI is InChI=1S/C14H21N3O3S/c1-14(2,3)12-11(21-16-15-12)13(20)17-6-4-5-9(8-17)7-10(18)19/h9H,4-8H2,1-3H3,(H,18,19). The van der Waals surface area contributed by atoms with E-state index in [4.69, 9.17) is 5.11 Å². The lowest BCUT2D eigenvalue weighted by molar-refractivity contribution is -0.138. The second-order valence-electron chi connectivity index (χ2n) is 6.56. The van der Waals surface area contributed by atoms with Gasteiger partial charge in [0.1, 0.15) is 4.88 Å². The van der Waals surface area contributed by atoms with Crippen LogP contribution in [0.3, 0.4) is 0 Å². The van der Waals surface area contributed by atoms with Crippen molar-refractivity contribution >= 4 is 23.4 Å². The van der Waals surface area contributed by atoms with E-state index in [1.165, 1.54) is 0 Å². The van der Waals surface area contributed by atoms with E-state index >= 15 is 0 Å². The van der Waals surface area contributed by atoms with Gasteiger partial charge in [-0.2, -0.15) is 0 Å². The SMILES string of the molecule is CC(C)(C)c1nnsc1C(=O)N1CCCC(CC(=O)O)C1. The Morgan fingerprint density at radius 1 is 1.43 bits per heavy atom. The van der Waals surface area contributed by atoms with Crippen LogP contribution in [-0.2, 0) is 10.2 Å². The molecule has 21 heavy (non-hydrogen) atoms. The Morgan fingerprint density at radius 3 is 2.76 bits per heavy atom. The fourth-order valence-corrected chi connectivity index (χ4v) is 3.47. The molecule has 1 aromatic heterocycles. The number of aliphatic carboxylic acids is 1. The molecule has 0 bridgehead atoms. The van der Waals surface area contributed by atoms with Crippen LogP contribution in [0.4, 0.5) is 0 Å². The summed E-state index contributed by atoms with van der Waals surface area (Å²) >= 11 is 1.12. The van der Waals surface area contributed by atoms with Crippen molar-refractivity contribution in [2.45, 2.75) is 45.4 Å². The van der Waals surface area contributed by atoms with Gasteiger partial charge in [-0.15, -0.1) is 5.10 Å². The highest BCUT2D eigenvalue weighted by Crippen LogP contribution is 2.28. The van der Waals surface area contributed by atoms with Crippen LogP contribution < -0.4 is 0 Å². The highest BCUT2D eigenvalue weighted by Gasteiger charge is 2.31. The predicted octanol–water partition coefficient (Wildman–Crippen LogP) is 2.16. The van der Waals surface area contributed by atoms with E-state index in [9.17, 15) is 9.59 Å². The molecule has 0 spiro atoms. The van der Waals surface area contributed by atoms with Crippen molar-refractivity contribution in [1.29, 1.82) is 0 Å². The van der Waals surface area contributed by atoms with E-state index < -0.39 is 5.97 Å². The van der Waals surface area contributed by atoms with Gasteiger partial charge in [-0.3, -0.25) is 9.59 Å². The Hall–Kier alpha value is -1.50. The van der Waals surface area contributed by atoms with E-state index in [0.29, 0.717) is 18.0 Å². The largest absolute Gasteiger partial charge is 0.481 e. The molecular weight excluding hydrogens is 290 g/mol. The molecule has 2 rings (SSSR count). The molecule has 0 aliphatic carbocycles. The Kier molecular flexibility index (Phi) is 4.61. The van der Waals surface area contributed by atoms with Gasteiger partial charge in [0.05, 0.1) is 5.69 Å². The van der Waals surface area contributed by atoms with Crippen molar-refractivity contribution in [1.82, 2.24) is 14.5 Å². The van der Waals surface area contributed by atoms with Crippen LogP contribution in [0, 0.1) is 5.92 Å². The summed E-state index contributed by atoms with van der Waals surface area (Å²) in [5.41, 5.74) is 0.492. The summed E-state index contributed by atoms with van der Waals surface area (Å²) in [4.78, 5) is 25.8. The monoisotopic (exact) mass is 311 g/mol. The molecule has 1 aliphatic rings. The first-order valence-corrected chi connectivity index (χ1v) is 7.90. The van der Waals surface area contributed by atoms with Crippen molar-refractivity contribution in [3.63, 3.8) is 0 Å². The van der Waals surface area contributed by atoms with E-state index in [1.54, 1.807) is 4.90 Å². The summed E-state index contributed by atoms with van der Waals surface area (Å²) in [5.74, 6) is -0.826. The zero-order valence-corrected chi connectivity index (χ0v) is 13.4. The molecule has 1 N–H and O–H groups in total. The number of hydrogen-bond acceptors (Lipinski definition) is 5. The van der Waals surface area contributed by atoms with Crippen LogP contribution in [0.1, 0.15) is 55.4 Å². The Balaban J connectivity index is 2.13. The maximum absolute atomic E-state index is 12.7. The topological polar surface area (TPSA) is 83.4 Å². The van der Waals surface area contributed by atoms with Crippen LogP contribution in [0.15, 0.2) is 0 Å². The van der Waals surface area contributed by atoms with E-state index in [0.717, 1.165) is 30.1 Å². The zero-order chi connectivity index (χ0) is 15.6. The van der Waals surface area contributed by atoms with Gasteiger partial charge in [0, 0.05) is 24.9 Å². The third-order valence-electron chi connectivity index (χ3n) is 3.66. The lowest BCUT2D eigenvalue weighted by atomic mass is 9.90. The number of hydrogen-bond donors (Lipinski definition) is 1. The molecule has 1 atom stereocenters. The van der Waals surface area contributed by atoms with E-state index in [1.807, 2.05) is 20.8 Å². The van der Waals surface area contributed by atoms with E-state index in [-0.39, 0.29) is 23.7 Å². The molecular formula is C14H21N3O3S. The van der Waals surface area contributed by atoms with Gasteiger partial charge >= 0.3 is 5.97 Å². The third-order valence-corrected chi connectivity index (χ3v) is 4.38. The highest BCUT2D eigenvalue weighted by atomic mass is 32.1. The summed E-state index contributed by atoms with van der Waals surface area (Å²) in [7, 11) is 0. The molecule has 1 fully saturated rings. The summed E-state index contributed by atoms with van der Waals surface area (Å²) in [6, 6.07) is 0. The molecule has 6 nitrogen and oxygen atoms in total. The Labute approximate surface area is 128 Å². The number of carbonyl (C=O) groups is 2. The first-order chi connectivity index (χ1) is 9.79. The van der Waals surface area contributed by atoms with Crippen molar-refractivity contribution in [2.75, 3.05) is 13.1 Å². The van der Waals surface area contributed by atoms with Crippen molar-refractivity contribution in [3.8, 4) is 0 Å². The van der Waals surface area contributed by atoms with Gasteiger partial charge in [-0.25, -0.2) is 0 Å². The summed E-state index contributed by atoms with van der Waals surface area (Å²) < 4.78 is 3.92. The number of rotatable bonds is 3. The lowest BCUT2D eigenvalue weighted by Crippen LogP contribution is -2.41. The molecule has 0 aromatic carbocycles. The Morgan fingerprint density at radius 2 is 2.14 bits per heavy atom. The Bertz CT molecular complexity index is 536. The second-order valence-corrected chi connectivity index (χ2v) is 7.31. The number of aromatic nitrogens is 2. The molecule has 1 amide bonds. The summed E-state index contributed by atoms with van der Waals surface area (Å²) in [6.45, 7) is 7.20. The van der Waals surface area contributed by atoms with Gasteiger partial charge in [-0.1, -0.05) is 25.3 Å². The number of carbonyl (C=O) groups excluding carboxylic acids is 1. The third kappa shape index (κ3) is 3.78. The number of carboxylic acid groups (broad SMARTS) is 1. The average molecular weight is 311 g/mol. The first-order valence-electron chi connectivity index (χ1n) is 7.13. The molecule has 116 valence electrons. The van der Waals surface area contributed by atoms with Gasteiger partial charge in [0.25, 0.3) is 5.91 Å². The molecule has 1 aliphatic heterocycles. The minimum Gasteiger partial charge on any atom is -0.481 e. The van der Waals surface area contributed by atoms with Crippen LogP contribution in [-0.4, -0.2) is 44.6 Å². The molecule has 2 heterocycles. The van der Waals surface area contributed by atoms with Crippen LogP contribution in [0.2, 0.25) is 0 Å². The van der Waals surface area contributed by atoms with Crippen molar-refractivity contribution in [3.05, 3.63) is 10.6 Å². The van der Waals surface area contributed by atoms with Gasteiger partial charge in [-0.05, 0) is 30.3 Å². The minimum atomic E-state index is -0.802. The lowest BCUT2D eigenvalue weighted by Gasteiger charge is -2.32. The molecule has 0 radical (unpaired) electrons. The molecule has 1 unspecified atom stereocenters. The van der Waals surface area contributed by atoms with Crippen molar-refractivity contribution < 1.29 is 14.7 Å². The van der Waals surface area contributed by atoms with Gasteiger partial charge in [0.2, 0.25) is 0 Å². The maximum Gasteiger partial charge on any atom is 0.303 e. The molecule has 1 saturated heterocycles. The number of amides is 1. The fraction of sp³-hybridized carbons (Fsp3) is 0.714. The summed E-state index contributed by atoms with van der Waals surface area (Å²) in [6.07, 6.45) is 1.83. The van der Waals surface area contributed by atoms with Crippen LogP contribution in [0.25, 0.3) is 0 Å². The molecule has 7 heteroatoms. The van der Waals surface area contributed by atoms with Crippen LogP contribution >= 0.6 is 11.5 Å². The van der Waals surface area contributed by atoms with Gasteiger partial charge < -0.3 is 10.0 Å². The number of nitrogens with zero attached hydrogens (tertiary/aromatic N) is 3. The number of likely N-dealkylation sites (tertiary alicyclic amines) is 1. The normalized spacial score (nSPS) is 19.6. The summed E-state index contributed by atoms with van der Waals surface area (Å²) in [5, 5.41) is 13.0. The smallest absolute Gasteiger partial charge is 0.303 e. The number of carboxylic acids is 1. The average Bonchev–Trinajstić information content (AvgIpc) is 2.86. The highest BCUT2D eigenvalue weighted by molar-refractivity contribution is 7.08. The number of piperidine rings is 1.